The van der Waals surface area contributed by atoms with Gasteiger partial charge in [0.05, 0.1) is 12.6 Å². The lowest BCUT2D eigenvalue weighted by Gasteiger charge is -2.26. The van der Waals surface area contributed by atoms with Crippen molar-refractivity contribution in [2.75, 3.05) is 11.4 Å². The fourth-order valence-electron chi connectivity index (χ4n) is 2.35. The van der Waals surface area contributed by atoms with Crippen LogP contribution in [0.1, 0.15) is 11.6 Å². The van der Waals surface area contributed by atoms with E-state index < -0.39 is 0 Å². The van der Waals surface area contributed by atoms with Crippen LogP contribution in [0.3, 0.4) is 0 Å². The van der Waals surface area contributed by atoms with Gasteiger partial charge in [-0.05, 0) is 29.8 Å². The molecule has 1 atom stereocenters. The summed E-state index contributed by atoms with van der Waals surface area (Å²) in [5, 5.41) is 9.37. The Balaban J connectivity index is 1.96. The number of hydrogen-bond donors (Lipinski definition) is 2. The summed E-state index contributed by atoms with van der Waals surface area (Å²) in [6, 6.07) is 17.2. The maximum atomic E-state index is 9.37. The smallest absolute Gasteiger partial charge is 0.196 e. The molecule has 4 heteroatoms. The molecule has 96 valence electrons. The summed E-state index contributed by atoms with van der Waals surface area (Å²) < 4.78 is 0. The molecule has 0 saturated carbocycles. The molecule has 0 aliphatic carbocycles. The predicted octanol–water partition coefficient (Wildman–Crippen LogP) is 2.27. The lowest BCUT2D eigenvalue weighted by atomic mass is 10.1. The second kappa shape index (κ2) is 4.65. The van der Waals surface area contributed by atoms with Crippen molar-refractivity contribution < 1.29 is 5.11 Å². The highest BCUT2D eigenvalue weighted by Crippen LogP contribution is 2.31. The van der Waals surface area contributed by atoms with Crippen molar-refractivity contribution in [3.8, 4) is 5.75 Å². The number of guanidine groups is 1. The molecule has 1 aliphatic heterocycles. The van der Waals surface area contributed by atoms with Gasteiger partial charge in [0.2, 0.25) is 0 Å². The van der Waals surface area contributed by atoms with Gasteiger partial charge >= 0.3 is 0 Å². The third kappa shape index (κ3) is 2.12. The highest BCUT2D eigenvalue weighted by Gasteiger charge is 2.28. The number of hydrogen-bond acceptors (Lipinski definition) is 4. The summed E-state index contributed by atoms with van der Waals surface area (Å²) in [5.41, 5.74) is 8.11. The molecule has 3 N–H and O–H groups in total. The zero-order chi connectivity index (χ0) is 13.2. The van der Waals surface area contributed by atoms with Gasteiger partial charge in [-0.3, -0.25) is 4.99 Å². The summed E-state index contributed by atoms with van der Waals surface area (Å²) >= 11 is 0. The monoisotopic (exact) mass is 253 g/mol. The van der Waals surface area contributed by atoms with Gasteiger partial charge in [-0.15, -0.1) is 0 Å². The molecule has 1 unspecified atom stereocenters. The molecule has 2 aromatic rings. The number of benzene rings is 2. The van der Waals surface area contributed by atoms with Gasteiger partial charge < -0.3 is 15.7 Å². The van der Waals surface area contributed by atoms with E-state index in [0.29, 0.717) is 12.5 Å². The number of rotatable bonds is 2. The summed E-state index contributed by atoms with van der Waals surface area (Å²) in [4.78, 5) is 6.35. The van der Waals surface area contributed by atoms with Gasteiger partial charge in [0.1, 0.15) is 5.75 Å². The van der Waals surface area contributed by atoms with Gasteiger partial charge in [-0.25, -0.2) is 0 Å². The highest BCUT2D eigenvalue weighted by molar-refractivity contribution is 5.97. The van der Waals surface area contributed by atoms with Gasteiger partial charge in [-0.2, -0.15) is 0 Å². The van der Waals surface area contributed by atoms with E-state index >= 15 is 0 Å². The number of aromatic hydroxyl groups is 1. The highest BCUT2D eigenvalue weighted by atomic mass is 16.3. The van der Waals surface area contributed by atoms with Gasteiger partial charge in [0.15, 0.2) is 5.96 Å². The van der Waals surface area contributed by atoms with Crippen molar-refractivity contribution in [1.82, 2.24) is 0 Å². The summed E-state index contributed by atoms with van der Waals surface area (Å²) in [5.74, 6) is 0.797. The van der Waals surface area contributed by atoms with Gasteiger partial charge in [0, 0.05) is 5.69 Å². The van der Waals surface area contributed by atoms with E-state index in [0.717, 1.165) is 11.3 Å². The average Bonchev–Trinajstić information content (AvgIpc) is 2.82. The van der Waals surface area contributed by atoms with Crippen LogP contribution in [0.15, 0.2) is 59.6 Å². The first-order valence-corrected chi connectivity index (χ1v) is 6.19. The number of para-hydroxylation sites is 1. The molecule has 0 fully saturated rings. The van der Waals surface area contributed by atoms with Crippen LogP contribution >= 0.6 is 0 Å². The molecular formula is C15H15N3O. The molecule has 0 bridgehead atoms. The van der Waals surface area contributed by atoms with E-state index in [2.05, 4.69) is 4.99 Å². The van der Waals surface area contributed by atoms with Crippen LogP contribution in [0.4, 0.5) is 5.69 Å². The Labute approximate surface area is 111 Å². The SMILES string of the molecule is NC1=NCC(c2ccc(O)cc2)N1c1ccccc1. The van der Waals surface area contributed by atoms with Crippen molar-refractivity contribution in [3.63, 3.8) is 0 Å². The first-order valence-electron chi connectivity index (χ1n) is 6.19. The molecule has 0 radical (unpaired) electrons. The average molecular weight is 253 g/mol. The number of aliphatic imine (C=N–C) groups is 1. The van der Waals surface area contributed by atoms with Gasteiger partial charge in [0.25, 0.3) is 0 Å². The van der Waals surface area contributed by atoms with Crippen LogP contribution < -0.4 is 10.6 Å². The molecule has 19 heavy (non-hydrogen) atoms. The van der Waals surface area contributed by atoms with Gasteiger partial charge in [-0.1, -0.05) is 30.3 Å². The number of nitrogens with two attached hydrogens (primary N) is 1. The number of phenols is 1. The summed E-state index contributed by atoms with van der Waals surface area (Å²) in [6.45, 7) is 0.630. The summed E-state index contributed by atoms with van der Waals surface area (Å²) in [6.07, 6.45) is 0. The number of anilines is 1. The molecule has 0 saturated heterocycles. The summed E-state index contributed by atoms with van der Waals surface area (Å²) in [7, 11) is 0. The molecule has 1 aliphatic rings. The largest absolute Gasteiger partial charge is 0.508 e. The quantitative estimate of drug-likeness (QED) is 0.863. The van der Waals surface area contributed by atoms with Crippen molar-refractivity contribution in [1.29, 1.82) is 0 Å². The van der Waals surface area contributed by atoms with E-state index in [4.69, 9.17) is 5.73 Å². The Morgan fingerprint density at radius 3 is 2.42 bits per heavy atom. The molecule has 0 amide bonds. The Hall–Kier alpha value is -2.49. The normalized spacial score (nSPS) is 18.4. The van der Waals surface area contributed by atoms with Crippen LogP contribution in [0, 0.1) is 0 Å². The Morgan fingerprint density at radius 1 is 1.05 bits per heavy atom. The van der Waals surface area contributed by atoms with Crippen molar-refractivity contribution in [2.24, 2.45) is 10.7 Å². The molecule has 3 rings (SSSR count). The third-order valence-electron chi connectivity index (χ3n) is 3.30. The Kier molecular flexibility index (Phi) is 2.83. The van der Waals surface area contributed by atoms with E-state index in [1.807, 2.05) is 47.4 Å². The fraction of sp³-hybridized carbons (Fsp3) is 0.133. The molecule has 2 aromatic carbocycles. The fourth-order valence-corrected chi connectivity index (χ4v) is 2.35. The van der Waals surface area contributed by atoms with Crippen molar-refractivity contribution in [3.05, 3.63) is 60.2 Å². The maximum Gasteiger partial charge on any atom is 0.196 e. The van der Waals surface area contributed by atoms with E-state index in [9.17, 15) is 5.11 Å². The van der Waals surface area contributed by atoms with E-state index in [-0.39, 0.29) is 11.8 Å². The molecular weight excluding hydrogens is 238 g/mol. The second-order valence-corrected chi connectivity index (χ2v) is 4.51. The molecule has 1 heterocycles. The minimum absolute atomic E-state index is 0.0861. The predicted molar refractivity (Wildman–Crippen MR) is 76.3 cm³/mol. The zero-order valence-electron chi connectivity index (χ0n) is 10.4. The minimum atomic E-state index is 0.0861. The Morgan fingerprint density at radius 2 is 1.74 bits per heavy atom. The minimum Gasteiger partial charge on any atom is -0.508 e. The zero-order valence-corrected chi connectivity index (χ0v) is 10.4. The number of phenolic OH excluding ortho intramolecular Hbond substituents is 1. The standard InChI is InChI=1S/C15H15N3O/c16-15-17-10-14(11-6-8-13(19)9-7-11)18(15)12-4-2-1-3-5-12/h1-9,14,19H,10H2,(H2,16,17). The third-order valence-corrected chi connectivity index (χ3v) is 3.30. The second-order valence-electron chi connectivity index (χ2n) is 4.51. The topological polar surface area (TPSA) is 61.9 Å². The van der Waals surface area contributed by atoms with E-state index in [1.54, 1.807) is 12.1 Å². The first kappa shape index (κ1) is 11.6. The van der Waals surface area contributed by atoms with Crippen LogP contribution in [0.5, 0.6) is 5.75 Å². The van der Waals surface area contributed by atoms with Crippen LogP contribution in [-0.2, 0) is 0 Å². The number of nitrogens with zero attached hydrogens (tertiary/aromatic N) is 2. The Bertz CT molecular complexity index is 593. The molecule has 4 nitrogen and oxygen atoms in total. The lowest BCUT2D eigenvalue weighted by molar-refractivity contribution is 0.475. The molecule has 0 spiro atoms. The maximum absolute atomic E-state index is 9.37. The van der Waals surface area contributed by atoms with Crippen LogP contribution in [-0.4, -0.2) is 17.6 Å². The molecule has 0 aromatic heterocycles. The lowest BCUT2D eigenvalue weighted by Crippen LogP contribution is -2.36. The van der Waals surface area contributed by atoms with Crippen LogP contribution in [0.25, 0.3) is 0 Å². The van der Waals surface area contributed by atoms with Crippen molar-refractivity contribution in [2.45, 2.75) is 6.04 Å². The first-order chi connectivity index (χ1) is 9.25. The van der Waals surface area contributed by atoms with Crippen LogP contribution in [0.2, 0.25) is 0 Å². The van der Waals surface area contributed by atoms with Crippen molar-refractivity contribution >= 4 is 11.6 Å². The van der Waals surface area contributed by atoms with E-state index in [1.165, 1.54) is 0 Å².